The molecule has 0 saturated carbocycles. The molecule has 2 heterocycles. The molecule has 36 heavy (non-hydrogen) atoms. The number of pyridine rings is 1. The summed E-state index contributed by atoms with van der Waals surface area (Å²) in [6.45, 7) is 0. The molecule has 0 unspecified atom stereocenters. The summed E-state index contributed by atoms with van der Waals surface area (Å²) in [6.07, 6.45) is -7.70. The number of ether oxygens (including phenoxy) is 1. The van der Waals surface area contributed by atoms with Gasteiger partial charge in [0.2, 0.25) is 5.82 Å². The van der Waals surface area contributed by atoms with Gasteiger partial charge < -0.3 is 14.1 Å². The van der Waals surface area contributed by atoms with Gasteiger partial charge in [0, 0.05) is 25.6 Å². The summed E-state index contributed by atoms with van der Waals surface area (Å²) in [5.41, 5.74) is -1.46. The minimum absolute atomic E-state index is 0.247. The first kappa shape index (κ1) is 26.4. The highest BCUT2D eigenvalue weighted by Gasteiger charge is 2.46. The van der Waals surface area contributed by atoms with Crippen LogP contribution >= 0.6 is 0 Å². The van der Waals surface area contributed by atoms with E-state index >= 15 is 0 Å². The summed E-state index contributed by atoms with van der Waals surface area (Å²) >= 11 is 0. The van der Waals surface area contributed by atoms with Crippen LogP contribution in [-0.4, -0.2) is 44.0 Å². The lowest BCUT2D eigenvalue weighted by atomic mass is 10.0. The van der Waals surface area contributed by atoms with Crippen LogP contribution in [0.2, 0.25) is 0 Å². The van der Waals surface area contributed by atoms with E-state index in [1.54, 1.807) is 0 Å². The summed E-state index contributed by atoms with van der Waals surface area (Å²) < 4.78 is 110. The van der Waals surface area contributed by atoms with Gasteiger partial charge in [-0.1, -0.05) is 6.07 Å². The van der Waals surface area contributed by atoms with Crippen molar-refractivity contribution in [2.24, 2.45) is 7.05 Å². The second-order valence-electron chi connectivity index (χ2n) is 6.88. The number of rotatable bonds is 5. The number of aromatic nitrogens is 3. The summed E-state index contributed by atoms with van der Waals surface area (Å²) in [5.74, 6) is -9.28. The number of hydrogen-bond donors (Lipinski definition) is 0. The fourth-order valence-corrected chi connectivity index (χ4v) is 2.92. The number of carbonyl (C=O) groups is 2. The van der Waals surface area contributed by atoms with Gasteiger partial charge in [0.05, 0.1) is 0 Å². The molecule has 0 radical (unpaired) electrons. The van der Waals surface area contributed by atoms with Crippen molar-refractivity contribution in [2.75, 3.05) is 0 Å². The number of carbonyl (C=O) groups excluding carboxylic acids is 2. The predicted octanol–water partition coefficient (Wildman–Crippen LogP) is 4.24. The van der Waals surface area contributed by atoms with Crippen molar-refractivity contribution in [3.63, 3.8) is 0 Å². The molecule has 16 heteroatoms. The maximum absolute atomic E-state index is 14.7. The van der Waals surface area contributed by atoms with Gasteiger partial charge in [0.1, 0.15) is 17.6 Å². The highest BCUT2D eigenvalue weighted by Crippen LogP contribution is 2.35. The van der Waals surface area contributed by atoms with Crippen LogP contribution < -0.4 is 4.74 Å². The summed E-state index contributed by atoms with van der Waals surface area (Å²) in [6, 6.07) is 1.08. The van der Waals surface area contributed by atoms with E-state index in [-0.39, 0.29) is 5.06 Å². The van der Waals surface area contributed by atoms with Crippen LogP contribution in [-0.2, 0) is 16.7 Å². The Balaban J connectivity index is 2.21. The monoisotopic (exact) mass is 524 g/mol. The number of nitrogens with zero attached hydrogens (tertiary/aromatic N) is 4. The maximum Gasteiger partial charge on any atom is 0.573 e. The lowest BCUT2D eigenvalue weighted by Gasteiger charge is -2.30. The van der Waals surface area contributed by atoms with Gasteiger partial charge in [-0.15, -0.1) is 13.2 Å². The van der Waals surface area contributed by atoms with E-state index in [0.717, 1.165) is 29.1 Å². The fraction of sp³-hybridized carbons (Fsp3) is 0.200. The van der Waals surface area contributed by atoms with Crippen LogP contribution in [0.25, 0.3) is 0 Å². The van der Waals surface area contributed by atoms with Crippen molar-refractivity contribution in [1.29, 1.82) is 0 Å². The molecule has 192 valence electrons. The van der Waals surface area contributed by atoms with E-state index in [0.29, 0.717) is 18.2 Å². The normalized spacial score (nSPS) is 12.7. The molecule has 8 nitrogen and oxygen atoms in total. The predicted molar refractivity (Wildman–Crippen MR) is 101 cm³/mol. The van der Waals surface area contributed by atoms with Crippen LogP contribution in [0.15, 0.2) is 48.9 Å². The average molecular weight is 524 g/mol. The third kappa shape index (κ3) is 5.87. The van der Waals surface area contributed by atoms with E-state index < -0.39 is 64.9 Å². The lowest BCUT2D eigenvalue weighted by Crippen LogP contribution is -2.42. The van der Waals surface area contributed by atoms with Crippen molar-refractivity contribution in [1.82, 2.24) is 19.6 Å². The molecule has 1 atom stereocenters. The first-order valence-corrected chi connectivity index (χ1v) is 9.44. The van der Waals surface area contributed by atoms with E-state index in [1.807, 2.05) is 0 Å². The minimum Gasteiger partial charge on any atom is -0.403 e. The molecule has 0 N–H and O–H groups in total. The Bertz CT molecular complexity index is 1280. The van der Waals surface area contributed by atoms with Gasteiger partial charge in [-0.05, 0) is 29.8 Å². The van der Waals surface area contributed by atoms with E-state index in [2.05, 4.69) is 19.5 Å². The number of hydroxylamine groups is 2. The molecule has 1 amide bonds. The first-order valence-electron chi connectivity index (χ1n) is 9.44. The molecule has 0 saturated heterocycles. The van der Waals surface area contributed by atoms with Gasteiger partial charge in [0.15, 0.2) is 11.6 Å². The molecule has 3 aromatic rings. The van der Waals surface area contributed by atoms with Crippen molar-refractivity contribution < 1.29 is 54.3 Å². The molecular weight excluding hydrogens is 512 g/mol. The van der Waals surface area contributed by atoms with Crippen molar-refractivity contribution >= 4 is 11.9 Å². The number of alkyl halides is 6. The third-order valence-electron chi connectivity index (χ3n) is 4.40. The Morgan fingerprint density at radius 1 is 1.00 bits per heavy atom. The van der Waals surface area contributed by atoms with Crippen molar-refractivity contribution in [3.05, 3.63) is 77.6 Å². The highest BCUT2D eigenvalue weighted by atomic mass is 19.4. The van der Waals surface area contributed by atoms with Crippen LogP contribution in [0, 0.1) is 11.6 Å². The molecule has 1 aromatic carbocycles. The van der Waals surface area contributed by atoms with E-state index in [1.165, 1.54) is 13.2 Å². The van der Waals surface area contributed by atoms with Crippen LogP contribution in [0.1, 0.15) is 27.9 Å². The zero-order chi connectivity index (χ0) is 26.8. The molecule has 3 rings (SSSR count). The SMILES string of the molecule is Cn1ccnc1C(=O)N(OC(=O)C(F)(F)F)[C@@H](c1ccc(OC(F)(F)F)c(F)c1)c1ncccc1F. The second-order valence-corrected chi connectivity index (χ2v) is 6.88. The Morgan fingerprint density at radius 3 is 2.22 bits per heavy atom. The minimum atomic E-state index is -5.64. The lowest BCUT2D eigenvalue weighted by molar-refractivity contribution is -0.275. The molecule has 0 aliphatic rings. The first-order chi connectivity index (χ1) is 16.7. The van der Waals surface area contributed by atoms with E-state index in [9.17, 15) is 44.7 Å². The fourth-order valence-electron chi connectivity index (χ4n) is 2.92. The molecule has 0 bridgehead atoms. The number of aryl methyl sites for hydroxylation is 1. The van der Waals surface area contributed by atoms with Crippen LogP contribution in [0.3, 0.4) is 0 Å². The molecule has 2 aromatic heterocycles. The number of halogens is 8. The smallest absolute Gasteiger partial charge is 0.403 e. The number of amides is 1. The number of benzene rings is 1. The molecule has 0 aliphatic heterocycles. The second kappa shape index (κ2) is 9.79. The topological polar surface area (TPSA) is 86.6 Å². The summed E-state index contributed by atoms with van der Waals surface area (Å²) in [5, 5.41) is -0.247. The van der Waals surface area contributed by atoms with Gasteiger partial charge in [-0.2, -0.15) is 18.2 Å². The van der Waals surface area contributed by atoms with Crippen molar-refractivity contribution in [2.45, 2.75) is 18.6 Å². The average Bonchev–Trinajstić information content (AvgIpc) is 3.20. The van der Waals surface area contributed by atoms with E-state index in [4.69, 9.17) is 0 Å². The third-order valence-corrected chi connectivity index (χ3v) is 4.40. The molecule has 0 spiro atoms. The Morgan fingerprint density at radius 2 is 1.69 bits per heavy atom. The largest absolute Gasteiger partial charge is 0.573 e. The standard InChI is InChI=1S/C20H12F8N4O4/c1-31-8-7-30-16(31)17(33)32(36-18(34)19(23,24)25)15(14-11(21)3-2-6-29-14)10-4-5-13(12(22)9-10)35-20(26,27)28/h2-9,15H,1H3/t15-/m0/s1. The zero-order valence-electron chi connectivity index (χ0n) is 17.6. The zero-order valence-corrected chi connectivity index (χ0v) is 17.6. The molecular formula is C20H12F8N4O4. The quantitative estimate of drug-likeness (QED) is 0.367. The number of imidazole rings is 1. The van der Waals surface area contributed by atoms with Gasteiger partial charge in [-0.3, -0.25) is 9.78 Å². The Kier molecular flexibility index (Phi) is 7.17. The Labute approximate surface area is 195 Å². The molecule has 0 aliphatic carbocycles. The maximum atomic E-state index is 14.7. The molecule has 0 fully saturated rings. The van der Waals surface area contributed by atoms with Crippen LogP contribution in [0.4, 0.5) is 35.1 Å². The van der Waals surface area contributed by atoms with Crippen molar-refractivity contribution in [3.8, 4) is 5.75 Å². The summed E-state index contributed by atoms with van der Waals surface area (Å²) in [4.78, 5) is 36.3. The number of hydrogen-bond acceptors (Lipinski definition) is 6. The Hall–Kier alpha value is -4.24. The van der Waals surface area contributed by atoms with Gasteiger partial charge in [-0.25, -0.2) is 18.6 Å². The van der Waals surface area contributed by atoms with Gasteiger partial charge in [0.25, 0.3) is 0 Å². The highest BCUT2D eigenvalue weighted by molar-refractivity contribution is 5.92. The van der Waals surface area contributed by atoms with Gasteiger partial charge >= 0.3 is 24.4 Å². The van der Waals surface area contributed by atoms with Crippen LogP contribution in [0.5, 0.6) is 5.75 Å². The summed E-state index contributed by atoms with van der Waals surface area (Å²) in [7, 11) is 1.25.